The summed E-state index contributed by atoms with van der Waals surface area (Å²) in [6.45, 7) is 0.494. The maximum Gasteiger partial charge on any atom is 0.145 e. The molecule has 1 aromatic rings. The lowest BCUT2D eigenvalue weighted by Gasteiger charge is -2.02. The van der Waals surface area contributed by atoms with Gasteiger partial charge in [-0.05, 0) is 12.1 Å². The zero-order chi connectivity index (χ0) is 9.97. The normalized spacial score (nSPS) is 20.4. The van der Waals surface area contributed by atoms with Crippen LogP contribution in [0, 0.1) is 0 Å². The number of nitrogens with two attached hydrogens (primary N) is 1. The van der Waals surface area contributed by atoms with E-state index in [0.29, 0.717) is 11.6 Å². The first kappa shape index (κ1) is 9.49. The molecule has 1 aliphatic heterocycles. The third-order valence-electron chi connectivity index (χ3n) is 2.15. The fraction of sp³-hybridized carbons (Fsp3) is 0.300. The summed E-state index contributed by atoms with van der Waals surface area (Å²) in [5.74, 6) is 0. The number of hydrogen-bond acceptors (Lipinski definition) is 3. The van der Waals surface area contributed by atoms with Gasteiger partial charge < -0.3 is 10.6 Å². The highest BCUT2D eigenvalue weighted by Crippen LogP contribution is 2.18. The molecule has 2 N–H and O–H groups in total. The lowest BCUT2D eigenvalue weighted by Crippen LogP contribution is -2.20. The highest BCUT2D eigenvalue weighted by Gasteiger charge is 2.20. The first-order chi connectivity index (χ1) is 6.79. The summed E-state index contributed by atoms with van der Waals surface area (Å²) in [6.07, 6.45) is 0.778. The minimum Gasteiger partial charge on any atom is -0.390 e. The molecule has 1 heterocycles. The lowest BCUT2D eigenvalue weighted by atomic mass is 10.1. The Morgan fingerprint density at radius 3 is 3.07 bits per heavy atom. The zero-order valence-electron chi connectivity index (χ0n) is 7.61. The Labute approximate surface area is 87.5 Å². The topological polar surface area (TPSA) is 47.6 Å². The van der Waals surface area contributed by atoms with E-state index in [4.69, 9.17) is 22.2 Å². The van der Waals surface area contributed by atoms with Gasteiger partial charge in [0.05, 0.1) is 5.71 Å². The number of halogens is 1. The second-order valence-electron chi connectivity index (χ2n) is 3.22. The van der Waals surface area contributed by atoms with E-state index in [1.54, 1.807) is 0 Å². The van der Waals surface area contributed by atoms with Crippen LogP contribution in [0.2, 0.25) is 5.02 Å². The summed E-state index contributed by atoms with van der Waals surface area (Å²) in [5.41, 5.74) is 7.41. The number of rotatable bonds is 2. The van der Waals surface area contributed by atoms with Crippen molar-refractivity contribution < 1.29 is 4.84 Å². The summed E-state index contributed by atoms with van der Waals surface area (Å²) < 4.78 is 0. The molecule has 0 spiro atoms. The molecule has 0 amide bonds. The molecule has 0 aromatic heterocycles. The van der Waals surface area contributed by atoms with Crippen molar-refractivity contribution in [2.24, 2.45) is 10.9 Å². The number of hydrogen-bond donors (Lipinski definition) is 1. The Kier molecular flexibility index (Phi) is 2.70. The molecule has 0 saturated carbocycles. The summed E-state index contributed by atoms with van der Waals surface area (Å²) >= 11 is 5.87. The molecule has 0 unspecified atom stereocenters. The minimum atomic E-state index is 0.0176. The summed E-state index contributed by atoms with van der Waals surface area (Å²) in [6, 6.07) is 7.58. The van der Waals surface area contributed by atoms with Crippen LogP contribution >= 0.6 is 11.6 Å². The summed E-state index contributed by atoms with van der Waals surface area (Å²) in [4.78, 5) is 5.13. The molecule has 0 saturated heterocycles. The van der Waals surface area contributed by atoms with Crippen molar-refractivity contribution in [3.8, 4) is 0 Å². The van der Waals surface area contributed by atoms with Gasteiger partial charge in [0.25, 0.3) is 0 Å². The molecule has 1 atom stereocenters. The lowest BCUT2D eigenvalue weighted by molar-refractivity contribution is 0.0918. The maximum atomic E-state index is 5.87. The summed E-state index contributed by atoms with van der Waals surface area (Å²) in [7, 11) is 0. The Morgan fingerprint density at radius 2 is 2.43 bits per heavy atom. The number of nitrogens with zero attached hydrogens (tertiary/aromatic N) is 1. The van der Waals surface area contributed by atoms with E-state index in [1.165, 1.54) is 0 Å². The largest absolute Gasteiger partial charge is 0.390 e. The molecule has 0 aliphatic carbocycles. The van der Waals surface area contributed by atoms with Gasteiger partial charge in [0, 0.05) is 23.6 Å². The molecule has 14 heavy (non-hydrogen) atoms. The second kappa shape index (κ2) is 3.98. The second-order valence-corrected chi connectivity index (χ2v) is 3.65. The van der Waals surface area contributed by atoms with E-state index < -0.39 is 0 Å². The van der Waals surface area contributed by atoms with E-state index in [2.05, 4.69) is 5.16 Å². The average Bonchev–Trinajstić information content (AvgIpc) is 2.66. The van der Waals surface area contributed by atoms with Gasteiger partial charge in [-0.15, -0.1) is 0 Å². The fourth-order valence-corrected chi connectivity index (χ4v) is 1.58. The molecular weight excluding hydrogens is 200 g/mol. The van der Waals surface area contributed by atoms with Crippen molar-refractivity contribution in [2.75, 3.05) is 6.54 Å². The Hall–Kier alpha value is -1.06. The SMILES string of the molecule is NC[C@@H]1CC(c2cccc(Cl)c2)=NO1. The standard InChI is InChI=1S/C10H11ClN2O/c11-8-3-1-2-7(4-8)10-5-9(6-12)14-13-10/h1-4,9H,5-6,12H2/t9-/m0/s1. The van der Waals surface area contributed by atoms with Crippen LogP contribution in [-0.2, 0) is 4.84 Å². The molecule has 1 aromatic carbocycles. The first-order valence-electron chi connectivity index (χ1n) is 4.48. The van der Waals surface area contributed by atoms with Crippen molar-refractivity contribution in [1.82, 2.24) is 0 Å². The Balaban J connectivity index is 2.17. The van der Waals surface area contributed by atoms with Crippen molar-refractivity contribution in [3.63, 3.8) is 0 Å². The Morgan fingerprint density at radius 1 is 1.57 bits per heavy atom. The zero-order valence-corrected chi connectivity index (χ0v) is 8.37. The fourth-order valence-electron chi connectivity index (χ4n) is 1.39. The van der Waals surface area contributed by atoms with E-state index in [9.17, 15) is 0 Å². The van der Waals surface area contributed by atoms with Gasteiger partial charge in [-0.25, -0.2) is 0 Å². The smallest absolute Gasteiger partial charge is 0.145 e. The van der Waals surface area contributed by atoms with E-state index in [0.717, 1.165) is 17.7 Å². The molecule has 2 rings (SSSR count). The number of benzene rings is 1. The molecule has 74 valence electrons. The van der Waals surface area contributed by atoms with Crippen LogP contribution in [0.3, 0.4) is 0 Å². The maximum absolute atomic E-state index is 5.87. The van der Waals surface area contributed by atoms with E-state index >= 15 is 0 Å². The third-order valence-corrected chi connectivity index (χ3v) is 2.39. The predicted octanol–water partition coefficient (Wildman–Crippen LogP) is 1.79. The van der Waals surface area contributed by atoms with E-state index in [-0.39, 0.29) is 6.10 Å². The van der Waals surface area contributed by atoms with Crippen molar-refractivity contribution >= 4 is 17.3 Å². The van der Waals surface area contributed by atoms with E-state index in [1.807, 2.05) is 24.3 Å². The monoisotopic (exact) mass is 210 g/mol. The van der Waals surface area contributed by atoms with Gasteiger partial charge in [-0.2, -0.15) is 0 Å². The number of oxime groups is 1. The molecule has 4 heteroatoms. The molecule has 0 radical (unpaired) electrons. The minimum absolute atomic E-state index is 0.0176. The van der Waals surface area contributed by atoms with Crippen LogP contribution in [0.4, 0.5) is 0 Å². The van der Waals surface area contributed by atoms with Crippen LogP contribution < -0.4 is 5.73 Å². The van der Waals surface area contributed by atoms with Crippen LogP contribution in [0.25, 0.3) is 0 Å². The molecule has 3 nitrogen and oxygen atoms in total. The van der Waals surface area contributed by atoms with Crippen LogP contribution in [0.15, 0.2) is 29.4 Å². The van der Waals surface area contributed by atoms with Crippen LogP contribution in [0.1, 0.15) is 12.0 Å². The first-order valence-corrected chi connectivity index (χ1v) is 4.86. The molecule has 0 bridgehead atoms. The van der Waals surface area contributed by atoms with Crippen molar-refractivity contribution in [1.29, 1.82) is 0 Å². The van der Waals surface area contributed by atoms with Crippen molar-refractivity contribution in [3.05, 3.63) is 34.9 Å². The van der Waals surface area contributed by atoms with Gasteiger partial charge in [0.2, 0.25) is 0 Å². The van der Waals surface area contributed by atoms with Gasteiger partial charge in [0.15, 0.2) is 0 Å². The highest BCUT2D eigenvalue weighted by atomic mass is 35.5. The molecule has 1 aliphatic rings. The average molecular weight is 211 g/mol. The van der Waals surface area contributed by atoms with Gasteiger partial charge in [-0.3, -0.25) is 0 Å². The van der Waals surface area contributed by atoms with Gasteiger partial charge in [-0.1, -0.05) is 28.9 Å². The van der Waals surface area contributed by atoms with Gasteiger partial charge >= 0.3 is 0 Å². The Bertz CT molecular complexity index is 365. The van der Waals surface area contributed by atoms with Crippen LogP contribution in [-0.4, -0.2) is 18.4 Å². The molecule has 0 fully saturated rings. The highest BCUT2D eigenvalue weighted by molar-refractivity contribution is 6.31. The quantitative estimate of drug-likeness (QED) is 0.809. The predicted molar refractivity (Wildman–Crippen MR) is 56.5 cm³/mol. The molecular formula is C10H11ClN2O. The third kappa shape index (κ3) is 1.89. The van der Waals surface area contributed by atoms with Gasteiger partial charge in [0.1, 0.15) is 6.10 Å². The summed E-state index contributed by atoms with van der Waals surface area (Å²) in [5, 5.41) is 4.69. The van der Waals surface area contributed by atoms with Crippen LogP contribution in [0.5, 0.6) is 0 Å². The van der Waals surface area contributed by atoms with Crippen molar-refractivity contribution in [2.45, 2.75) is 12.5 Å².